The van der Waals surface area contributed by atoms with Crippen molar-refractivity contribution < 1.29 is 9.53 Å². The van der Waals surface area contributed by atoms with Crippen molar-refractivity contribution in [1.82, 2.24) is 9.88 Å². The monoisotopic (exact) mass is 220 g/mol. The van der Waals surface area contributed by atoms with Crippen LogP contribution >= 0.6 is 0 Å². The van der Waals surface area contributed by atoms with Crippen molar-refractivity contribution in [2.75, 3.05) is 6.54 Å². The Hall–Kier alpha value is -1.58. The highest BCUT2D eigenvalue weighted by molar-refractivity contribution is 5.70. The Morgan fingerprint density at radius 1 is 1.69 bits per heavy atom. The van der Waals surface area contributed by atoms with E-state index < -0.39 is 0 Å². The molecule has 0 spiro atoms. The van der Waals surface area contributed by atoms with Gasteiger partial charge in [-0.1, -0.05) is 13.0 Å². The number of ether oxygens (including phenoxy) is 1. The Morgan fingerprint density at radius 2 is 2.50 bits per heavy atom. The molecule has 2 heterocycles. The van der Waals surface area contributed by atoms with E-state index in [4.69, 9.17) is 4.74 Å². The predicted molar refractivity (Wildman–Crippen MR) is 59.9 cm³/mol. The van der Waals surface area contributed by atoms with Crippen LogP contribution in [0.3, 0.4) is 0 Å². The summed E-state index contributed by atoms with van der Waals surface area (Å²) < 4.78 is 5.33. The van der Waals surface area contributed by atoms with E-state index >= 15 is 0 Å². The van der Waals surface area contributed by atoms with Crippen LogP contribution in [-0.2, 0) is 4.74 Å². The van der Waals surface area contributed by atoms with Gasteiger partial charge in [0.15, 0.2) is 0 Å². The molecule has 86 valence electrons. The van der Waals surface area contributed by atoms with E-state index in [-0.39, 0.29) is 18.2 Å². The van der Waals surface area contributed by atoms with E-state index in [1.807, 2.05) is 19.1 Å². The number of hydrogen-bond acceptors (Lipinski definition) is 3. The van der Waals surface area contributed by atoms with Gasteiger partial charge in [0.25, 0.3) is 0 Å². The molecule has 1 aromatic heterocycles. The molecule has 2 unspecified atom stereocenters. The lowest BCUT2D eigenvalue weighted by Gasteiger charge is -2.19. The maximum atomic E-state index is 11.6. The van der Waals surface area contributed by atoms with Gasteiger partial charge in [-0.15, -0.1) is 0 Å². The normalized spacial score (nSPS) is 22.0. The summed E-state index contributed by atoms with van der Waals surface area (Å²) in [7, 11) is 0. The molecule has 1 aliphatic heterocycles. The molecule has 4 nitrogen and oxygen atoms in total. The predicted octanol–water partition coefficient (Wildman–Crippen LogP) is 2.37. The number of carbonyl (C=O) groups excluding carboxylic acids is 1. The van der Waals surface area contributed by atoms with Crippen molar-refractivity contribution >= 4 is 6.09 Å². The molecular weight excluding hydrogens is 204 g/mol. The number of carbonyl (C=O) groups is 1. The number of nitrogens with zero attached hydrogens (tertiary/aromatic N) is 2. The van der Waals surface area contributed by atoms with Crippen molar-refractivity contribution in [3.05, 3.63) is 30.1 Å². The molecule has 16 heavy (non-hydrogen) atoms. The minimum Gasteiger partial charge on any atom is -0.439 e. The molecule has 0 bridgehead atoms. The zero-order chi connectivity index (χ0) is 11.5. The van der Waals surface area contributed by atoms with E-state index in [2.05, 4.69) is 11.9 Å². The lowest BCUT2D eigenvalue weighted by molar-refractivity contribution is 0.128. The molecule has 1 saturated heterocycles. The molecule has 1 amide bonds. The number of aromatic nitrogens is 1. The first-order chi connectivity index (χ1) is 7.72. The van der Waals surface area contributed by atoms with E-state index in [1.165, 1.54) is 0 Å². The third-order valence-electron chi connectivity index (χ3n) is 3.02. The average molecular weight is 220 g/mol. The van der Waals surface area contributed by atoms with Gasteiger partial charge in [-0.25, -0.2) is 4.79 Å². The van der Waals surface area contributed by atoms with Crippen molar-refractivity contribution in [1.29, 1.82) is 0 Å². The average Bonchev–Trinajstić information content (AvgIpc) is 2.71. The van der Waals surface area contributed by atoms with E-state index in [0.29, 0.717) is 6.54 Å². The maximum Gasteiger partial charge on any atom is 0.410 e. The smallest absolute Gasteiger partial charge is 0.410 e. The second-order valence-electron chi connectivity index (χ2n) is 4.07. The van der Waals surface area contributed by atoms with Gasteiger partial charge in [0, 0.05) is 24.0 Å². The van der Waals surface area contributed by atoms with Crippen LogP contribution in [0.2, 0.25) is 0 Å². The fourth-order valence-corrected chi connectivity index (χ4v) is 1.80. The van der Waals surface area contributed by atoms with Crippen LogP contribution in [0.5, 0.6) is 0 Å². The molecule has 0 aromatic carbocycles. The van der Waals surface area contributed by atoms with Gasteiger partial charge in [-0.2, -0.15) is 0 Å². The second-order valence-corrected chi connectivity index (χ2v) is 4.07. The van der Waals surface area contributed by atoms with Crippen LogP contribution in [0.15, 0.2) is 24.5 Å². The van der Waals surface area contributed by atoms with E-state index in [9.17, 15) is 4.79 Å². The summed E-state index contributed by atoms with van der Waals surface area (Å²) in [6.07, 6.45) is 4.01. The molecule has 1 aliphatic rings. The SMILES string of the molecule is CCC(C)N1CC(c2cccnc2)OC1=O. The Labute approximate surface area is 95.2 Å². The minimum absolute atomic E-state index is 0.171. The largest absolute Gasteiger partial charge is 0.439 e. The van der Waals surface area contributed by atoms with Gasteiger partial charge in [0.05, 0.1) is 6.54 Å². The summed E-state index contributed by atoms with van der Waals surface area (Å²) in [5, 5.41) is 0. The number of hydrogen-bond donors (Lipinski definition) is 0. The van der Waals surface area contributed by atoms with Gasteiger partial charge >= 0.3 is 6.09 Å². The first-order valence-electron chi connectivity index (χ1n) is 5.59. The summed E-state index contributed by atoms with van der Waals surface area (Å²) in [6, 6.07) is 4.02. The Kier molecular flexibility index (Phi) is 3.08. The Bertz CT molecular complexity index is 367. The molecular formula is C12H16N2O2. The zero-order valence-corrected chi connectivity index (χ0v) is 9.59. The maximum absolute atomic E-state index is 11.6. The number of pyridine rings is 1. The fraction of sp³-hybridized carbons (Fsp3) is 0.500. The molecule has 0 radical (unpaired) electrons. The zero-order valence-electron chi connectivity index (χ0n) is 9.59. The molecule has 1 fully saturated rings. The second kappa shape index (κ2) is 4.51. The summed E-state index contributed by atoms with van der Waals surface area (Å²) in [5.41, 5.74) is 0.960. The van der Waals surface area contributed by atoms with Crippen LogP contribution in [0.25, 0.3) is 0 Å². The highest BCUT2D eigenvalue weighted by Crippen LogP contribution is 2.27. The van der Waals surface area contributed by atoms with Crippen LogP contribution in [-0.4, -0.2) is 28.6 Å². The van der Waals surface area contributed by atoms with Crippen molar-refractivity contribution in [3.8, 4) is 0 Å². The van der Waals surface area contributed by atoms with Crippen LogP contribution < -0.4 is 0 Å². The summed E-state index contributed by atoms with van der Waals surface area (Å²) in [4.78, 5) is 17.5. The van der Waals surface area contributed by atoms with E-state index in [1.54, 1.807) is 17.3 Å². The highest BCUT2D eigenvalue weighted by atomic mass is 16.6. The van der Waals surface area contributed by atoms with Crippen LogP contribution in [0, 0.1) is 0 Å². The Morgan fingerprint density at radius 3 is 3.12 bits per heavy atom. The third kappa shape index (κ3) is 2.01. The van der Waals surface area contributed by atoms with Gasteiger partial charge in [-0.05, 0) is 19.4 Å². The molecule has 0 aliphatic carbocycles. The van der Waals surface area contributed by atoms with Crippen molar-refractivity contribution in [3.63, 3.8) is 0 Å². The first kappa shape index (κ1) is 10.9. The van der Waals surface area contributed by atoms with Crippen LogP contribution in [0.4, 0.5) is 4.79 Å². The summed E-state index contributed by atoms with van der Waals surface area (Å²) >= 11 is 0. The molecule has 0 saturated carbocycles. The molecule has 0 N–H and O–H groups in total. The van der Waals surface area contributed by atoms with Crippen molar-refractivity contribution in [2.45, 2.75) is 32.4 Å². The van der Waals surface area contributed by atoms with Crippen LogP contribution in [0.1, 0.15) is 31.9 Å². The third-order valence-corrected chi connectivity index (χ3v) is 3.02. The lowest BCUT2D eigenvalue weighted by atomic mass is 10.1. The lowest BCUT2D eigenvalue weighted by Crippen LogP contribution is -2.33. The van der Waals surface area contributed by atoms with Gasteiger partial charge in [0.1, 0.15) is 6.10 Å². The first-order valence-corrected chi connectivity index (χ1v) is 5.59. The van der Waals surface area contributed by atoms with Gasteiger partial charge in [0.2, 0.25) is 0 Å². The molecule has 2 rings (SSSR count). The topological polar surface area (TPSA) is 42.4 Å². The minimum atomic E-state index is -0.219. The van der Waals surface area contributed by atoms with Gasteiger partial charge in [-0.3, -0.25) is 4.98 Å². The van der Waals surface area contributed by atoms with Gasteiger partial charge < -0.3 is 9.64 Å². The number of amides is 1. The van der Waals surface area contributed by atoms with Crippen molar-refractivity contribution in [2.24, 2.45) is 0 Å². The summed E-state index contributed by atoms with van der Waals surface area (Å²) in [5.74, 6) is 0. The number of cyclic esters (lactones) is 1. The highest BCUT2D eigenvalue weighted by Gasteiger charge is 2.34. The Balaban J connectivity index is 2.10. The molecule has 1 aromatic rings. The molecule has 4 heteroatoms. The van der Waals surface area contributed by atoms with E-state index in [0.717, 1.165) is 12.0 Å². The summed E-state index contributed by atoms with van der Waals surface area (Å²) in [6.45, 7) is 4.72. The number of rotatable bonds is 3. The molecule has 2 atom stereocenters. The quantitative estimate of drug-likeness (QED) is 0.785. The fourth-order valence-electron chi connectivity index (χ4n) is 1.80. The standard InChI is InChI=1S/C12H16N2O2/c1-3-9(2)14-8-11(16-12(14)15)10-5-4-6-13-7-10/h4-7,9,11H,3,8H2,1-2H3.